The highest BCUT2D eigenvalue weighted by atomic mass is 35.5. The van der Waals surface area contributed by atoms with Gasteiger partial charge in [-0.15, -0.1) is 0 Å². The molecule has 0 bridgehead atoms. The summed E-state index contributed by atoms with van der Waals surface area (Å²) in [6.07, 6.45) is 3.65. The Morgan fingerprint density at radius 2 is 2.06 bits per heavy atom. The number of hydrogen-bond donors (Lipinski definition) is 1. The molecule has 1 aromatic heterocycles. The third-order valence-corrected chi connectivity index (χ3v) is 4.71. The van der Waals surface area contributed by atoms with Crippen LogP contribution in [0, 0.1) is 0 Å². The predicted octanol–water partition coefficient (Wildman–Crippen LogP) is 3.25. The van der Waals surface area contributed by atoms with Gasteiger partial charge in [-0.25, -0.2) is 18.1 Å². The van der Waals surface area contributed by atoms with Gasteiger partial charge < -0.3 is 0 Å². The number of halogens is 2. The van der Waals surface area contributed by atoms with E-state index >= 15 is 0 Å². The summed E-state index contributed by atoms with van der Waals surface area (Å²) in [6.45, 7) is 3.95. The van der Waals surface area contributed by atoms with E-state index in [0.29, 0.717) is 0 Å². The Bertz CT molecular complexity index is 506. The molecule has 1 atom stereocenters. The second kappa shape index (κ2) is 6.70. The molecular weight excluding hydrogens is 295 g/mol. The van der Waals surface area contributed by atoms with Crippen LogP contribution in [0.25, 0.3) is 0 Å². The van der Waals surface area contributed by atoms with Crippen LogP contribution in [0.3, 0.4) is 0 Å². The summed E-state index contributed by atoms with van der Waals surface area (Å²) in [5.41, 5.74) is 0. The van der Waals surface area contributed by atoms with Crippen LogP contribution in [-0.2, 0) is 10.0 Å². The monoisotopic (exact) mass is 310 g/mol. The lowest BCUT2D eigenvalue weighted by Crippen LogP contribution is -2.34. The minimum absolute atomic E-state index is 0.0338. The normalized spacial score (nSPS) is 13.6. The SMILES string of the molecule is CCCC(CC)NS(=O)(=O)c1cnc(Cl)c(Cl)c1. The van der Waals surface area contributed by atoms with E-state index in [1.807, 2.05) is 13.8 Å². The lowest BCUT2D eigenvalue weighted by molar-refractivity contribution is 0.512. The second-order valence-electron chi connectivity index (χ2n) is 3.96. The molecule has 1 N–H and O–H groups in total. The molecule has 0 spiro atoms. The molecule has 1 aromatic rings. The fourth-order valence-electron chi connectivity index (χ4n) is 1.53. The van der Waals surface area contributed by atoms with Gasteiger partial charge in [-0.05, 0) is 18.9 Å². The van der Waals surface area contributed by atoms with Crippen molar-refractivity contribution in [3.8, 4) is 0 Å². The first-order chi connectivity index (χ1) is 8.40. The van der Waals surface area contributed by atoms with Crippen molar-refractivity contribution in [1.29, 1.82) is 0 Å². The van der Waals surface area contributed by atoms with Crippen LogP contribution in [0.1, 0.15) is 33.1 Å². The quantitative estimate of drug-likeness (QED) is 0.820. The van der Waals surface area contributed by atoms with Gasteiger partial charge in [0, 0.05) is 12.2 Å². The summed E-state index contributed by atoms with van der Waals surface area (Å²) in [5, 5.41) is 0.222. The first kappa shape index (κ1) is 15.7. The zero-order chi connectivity index (χ0) is 13.8. The number of nitrogens with zero attached hydrogens (tertiary/aromatic N) is 1. The third-order valence-electron chi connectivity index (χ3n) is 2.53. The molecule has 0 aliphatic rings. The van der Waals surface area contributed by atoms with E-state index < -0.39 is 10.0 Å². The van der Waals surface area contributed by atoms with Crippen molar-refractivity contribution in [2.24, 2.45) is 0 Å². The van der Waals surface area contributed by atoms with Gasteiger partial charge in [0.25, 0.3) is 0 Å². The van der Waals surface area contributed by atoms with E-state index in [0.717, 1.165) is 19.3 Å². The van der Waals surface area contributed by atoms with Gasteiger partial charge in [-0.1, -0.05) is 43.5 Å². The molecule has 102 valence electrons. The van der Waals surface area contributed by atoms with Crippen molar-refractivity contribution in [3.63, 3.8) is 0 Å². The minimum Gasteiger partial charge on any atom is -0.242 e. The zero-order valence-corrected chi connectivity index (χ0v) is 12.6. The van der Waals surface area contributed by atoms with Gasteiger partial charge >= 0.3 is 0 Å². The number of nitrogens with one attached hydrogen (secondary N) is 1. The van der Waals surface area contributed by atoms with Crippen molar-refractivity contribution < 1.29 is 8.42 Å². The van der Waals surface area contributed by atoms with Gasteiger partial charge in [0.2, 0.25) is 10.0 Å². The molecule has 0 saturated carbocycles. The van der Waals surface area contributed by atoms with Gasteiger partial charge in [-0.2, -0.15) is 0 Å². The average molecular weight is 311 g/mol. The maximum atomic E-state index is 12.1. The van der Waals surface area contributed by atoms with Crippen LogP contribution >= 0.6 is 23.2 Å². The van der Waals surface area contributed by atoms with Crippen LogP contribution < -0.4 is 4.72 Å². The lowest BCUT2D eigenvalue weighted by Gasteiger charge is -2.16. The molecule has 0 amide bonds. The van der Waals surface area contributed by atoms with Crippen molar-refractivity contribution in [3.05, 3.63) is 22.4 Å². The molecule has 0 saturated heterocycles. The van der Waals surface area contributed by atoms with Crippen LogP contribution in [0.5, 0.6) is 0 Å². The van der Waals surface area contributed by atoms with E-state index in [9.17, 15) is 8.42 Å². The summed E-state index contributed by atoms with van der Waals surface area (Å²) >= 11 is 11.4. The van der Waals surface area contributed by atoms with E-state index in [2.05, 4.69) is 9.71 Å². The Kier molecular flexibility index (Phi) is 5.85. The average Bonchev–Trinajstić information content (AvgIpc) is 2.31. The number of hydrogen-bond acceptors (Lipinski definition) is 3. The van der Waals surface area contributed by atoms with Crippen LogP contribution in [-0.4, -0.2) is 19.4 Å². The van der Waals surface area contributed by atoms with Crippen LogP contribution in [0.2, 0.25) is 10.2 Å². The topological polar surface area (TPSA) is 59.1 Å². The number of pyridine rings is 1. The highest BCUT2D eigenvalue weighted by Crippen LogP contribution is 2.22. The fourth-order valence-corrected chi connectivity index (χ4v) is 3.19. The summed E-state index contributed by atoms with van der Waals surface area (Å²) in [5.74, 6) is 0. The standard InChI is InChI=1S/C11H16Cl2N2O2S/c1-3-5-8(4-2)15-18(16,17)9-6-10(12)11(13)14-7-9/h6-8,15H,3-5H2,1-2H3. The summed E-state index contributed by atoms with van der Waals surface area (Å²) in [7, 11) is -3.59. The summed E-state index contributed by atoms with van der Waals surface area (Å²) in [6, 6.07) is 1.23. The smallest absolute Gasteiger partial charge is 0.242 e. The molecular formula is C11H16Cl2N2O2S. The minimum atomic E-state index is -3.59. The number of rotatable bonds is 6. The maximum Gasteiger partial charge on any atom is 0.242 e. The van der Waals surface area contributed by atoms with E-state index in [-0.39, 0.29) is 21.1 Å². The van der Waals surface area contributed by atoms with Crippen LogP contribution in [0.4, 0.5) is 0 Å². The zero-order valence-electron chi connectivity index (χ0n) is 10.3. The molecule has 7 heteroatoms. The van der Waals surface area contributed by atoms with Gasteiger partial charge in [-0.3, -0.25) is 0 Å². The molecule has 0 aliphatic carbocycles. The largest absolute Gasteiger partial charge is 0.242 e. The van der Waals surface area contributed by atoms with E-state index in [4.69, 9.17) is 23.2 Å². The fraction of sp³-hybridized carbons (Fsp3) is 0.545. The molecule has 0 aromatic carbocycles. The Balaban J connectivity index is 2.95. The Morgan fingerprint density at radius 1 is 1.39 bits per heavy atom. The highest BCUT2D eigenvalue weighted by molar-refractivity contribution is 7.89. The van der Waals surface area contributed by atoms with E-state index in [1.165, 1.54) is 12.3 Å². The Morgan fingerprint density at radius 3 is 2.56 bits per heavy atom. The number of aromatic nitrogens is 1. The molecule has 0 aliphatic heterocycles. The van der Waals surface area contributed by atoms with Crippen molar-refractivity contribution in [1.82, 2.24) is 9.71 Å². The second-order valence-corrected chi connectivity index (χ2v) is 6.44. The Labute approximate surface area is 118 Å². The van der Waals surface area contributed by atoms with Crippen molar-refractivity contribution >= 4 is 33.2 Å². The molecule has 1 heterocycles. The predicted molar refractivity (Wildman–Crippen MR) is 73.6 cm³/mol. The first-order valence-electron chi connectivity index (χ1n) is 5.74. The Hall–Kier alpha value is -0.360. The van der Waals surface area contributed by atoms with Gasteiger partial charge in [0.1, 0.15) is 10.0 Å². The van der Waals surface area contributed by atoms with Crippen molar-refractivity contribution in [2.45, 2.75) is 44.0 Å². The molecule has 4 nitrogen and oxygen atoms in total. The number of sulfonamides is 1. The summed E-state index contributed by atoms with van der Waals surface area (Å²) < 4.78 is 26.8. The molecule has 0 fully saturated rings. The summed E-state index contributed by atoms with van der Waals surface area (Å²) in [4.78, 5) is 3.77. The van der Waals surface area contributed by atoms with Crippen molar-refractivity contribution in [2.75, 3.05) is 0 Å². The third kappa shape index (κ3) is 4.09. The molecule has 0 radical (unpaired) electrons. The molecule has 1 unspecified atom stereocenters. The highest BCUT2D eigenvalue weighted by Gasteiger charge is 2.19. The van der Waals surface area contributed by atoms with Gasteiger partial charge in [0.05, 0.1) is 5.02 Å². The van der Waals surface area contributed by atoms with Crippen LogP contribution in [0.15, 0.2) is 17.2 Å². The lowest BCUT2D eigenvalue weighted by atomic mass is 10.1. The maximum absolute atomic E-state index is 12.1. The van der Waals surface area contributed by atoms with E-state index in [1.54, 1.807) is 0 Å². The molecule has 18 heavy (non-hydrogen) atoms. The molecule has 1 rings (SSSR count). The first-order valence-corrected chi connectivity index (χ1v) is 7.98. The van der Waals surface area contributed by atoms with Gasteiger partial charge in [0.15, 0.2) is 0 Å².